The van der Waals surface area contributed by atoms with Gasteiger partial charge >= 0.3 is 0 Å². The van der Waals surface area contributed by atoms with Gasteiger partial charge in [-0.1, -0.05) is 30.3 Å². The van der Waals surface area contributed by atoms with E-state index in [9.17, 15) is 4.79 Å². The van der Waals surface area contributed by atoms with Crippen LogP contribution in [0.3, 0.4) is 0 Å². The molecule has 0 saturated heterocycles. The molecule has 0 bridgehead atoms. The number of hydrogen-bond acceptors (Lipinski definition) is 2. The summed E-state index contributed by atoms with van der Waals surface area (Å²) in [6.45, 7) is 0. The smallest absolute Gasteiger partial charge is 0.267 e. The molecule has 0 aliphatic heterocycles. The molecule has 0 spiro atoms. The van der Waals surface area contributed by atoms with Crippen molar-refractivity contribution in [2.45, 2.75) is 0 Å². The number of benzene rings is 1. The first kappa shape index (κ1) is 9.40. The first-order valence-corrected chi connectivity index (χ1v) is 4.58. The Kier molecular flexibility index (Phi) is 2.46. The second-order valence-electron chi connectivity index (χ2n) is 3.16. The Hall–Kier alpha value is -2.16. The van der Waals surface area contributed by atoms with Crippen molar-refractivity contribution in [3.63, 3.8) is 0 Å². The lowest BCUT2D eigenvalue weighted by molar-refractivity contribution is 0.0995. The van der Waals surface area contributed by atoms with Crippen molar-refractivity contribution in [1.82, 2.24) is 4.98 Å². The quantitative estimate of drug-likeness (QED) is 0.800. The van der Waals surface area contributed by atoms with Gasteiger partial charge in [-0.05, 0) is 23.3 Å². The molecule has 74 valence electrons. The zero-order valence-corrected chi connectivity index (χ0v) is 8.05. The molecule has 0 atom stereocenters. The van der Waals surface area contributed by atoms with Crippen molar-refractivity contribution in [2.75, 3.05) is 0 Å². The van der Waals surface area contributed by atoms with Gasteiger partial charge < -0.3 is 5.73 Å². The summed E-state index contributed by atoms with van der Waals surface area (Å²) in [6, 6.07) is 13.3. The van der Waals surface area contributed by atoms with Crippen LogP contribution in [-0.4, -0.2) is 10.9 Å². The van der Waals surface area contributed by atoms with Crippen molar-refractivity contribution >= 4 is 5.91 Å². The number of aromatic nitrogens is 1. The molecule has 0 radical (unpaired) electrons. The zero-order valence-electron chi connectivity index (χ0n) is 8.05. The number of amides is 1. The predicted molar refractivity (Wildman–Crippen MR) is 58.2 cm³/mol. The normalized spacial score (nSPS) is 9.87. The van der Waals surface area contributed by atoms with Gasteiger partial charge in [0.25, 0.3) is 5.91 Å². The molecule has 2 N–H and O–H groups in total. The summed E-state index contributed by atoms with van der Waals surface area (Å²) in [5.74, 6) is -0.507. The van der Waals surface area contributed by atoms with Gasteiger partial charge in [-0.2, -0.15) is 0 Å². The Morgan fingerprint density at radius 2 is 1.80 bits per heavy atom. The van der Waals surface area contributed by atoms with Crippen molar-refractivity contribution < 1.29 is 4.79 Å². The lowest BCUT2D eigenvalue weighted by Gasteiger charge is -2.01. The molecule has 1 aromatic carbocycles. The van der Waals surface area contributed by atoms with E-state index in [-0.39, 0.29) is 5.69 Å². The molecule has 0 aliphatic carbocycles. The molecule has 0 aliphatic rings. The van der Waals surface area contributed by atoms with Crippen molar-refractivity contribution in [1.29, 1.82) is 0 Å². The molecule has 2 rings (SSSR count). The van der Waals surface area contributed by atoms with Gasteiger partial charge in [0.05, 0.1) is 0 Å². The third kappa shape index (κ3) is 2.02. The van der Waals surface area contributed by atoms with Gasteiger partial charge in [-0.3, -0.25) is 9.78 Å². The number of pyridine rings is 1. The van der Waals surface area contributed by atoms with E-state index in [1.165, 1.54) is 0 Å². The van der Waals surface area contributed by atoms with E-state index in [2.05, 4.69) is 4.98 Å². The number of primary amides is 1. The average molecular weight is 198 g/mol. The van der Waals surface area contributed by atoms with Crippen LogP contribution < -0.4 is 5.73 Å². The summed E-state index contributed by atoms with van der Waals surface area (Å²) in [7, 11) is 0. The number of hydrogen-bond donors (Lipinski definition) is 1. The zero-order chi connectivity index (χ0) is 10.7. The Labute approximate surface area is 87.6 Å². The summed E-state index contributed by atoms with van der Waals surface area (Å²) in [6.07, 6.45) is 1.59. The fourth-order valence-electron chi connectivity index (χ4n) is 1.38. The predicted octanol–water partition coefficient (Wildman–Crippen LogP) is 1.85. The molecule has 2 aromatic rings. The van der Waals surface area contributed by atoms with Gasteiger partial charge in [0, 0.05) is 6.20 Å². The minimum Gasteiger partial charge on any atom is -0.364 e. The van der Waals surface area contributed by atoms with Crippen LogP contribution in [0.15, 0.2) is 48.7 Å². The van der Waals surface area contributed by atoms with E-state index in [1.54, 1.807) is 12.3 Å². The first-order chi connectivity index (χ1) is 7.27. The van der Waals surface area contributed by atoms with E-state index in [4.69, 9.17) is 5.73 Å². The summed E-state index contributed by atoms with van der Waals surface area (Å²) < 4.78 is 0. The molecule has 3 heteroatoms. The number of carbonyl (C=O) groups excluding carboxylic acids is 1. The Balaban J connectivity index is 2.46. The largest absolute Gasteiger partial charge is 0.364 e. The lowest BCUT2D eigenvalue weighted by atomic mass is 10.1. The van der Waals surface area contributed by atoms with Crippen LogP contribution in [0.1, 0.15) is 10.5 Å². The fourth-order valence-corrected chi connectivity index (χ4v) is 1.38. The fraction of sp³-hybridized carbons (Fsp3) is 0. The van der Waals surface area contributed by atoms with Gasteiger partial charge in [-0.15, -0.1) is 0 Å². The highest BCUT2D eigenvalue weighted by atomic mass is 16.1. The van der Waals surface area contributed by atoms with Crippen molar-refractivity contribution in [2.24, 2.45) is 5.73 Å². The maximum atomic E-state index is 10.9. The molecule has 0 fully saturated rings. The van der Waals surface area contributed by atoms with Crippen LogP contribution in [-0.2, 0) is 0 Å². The van der Waals surface area contributed by atoms with Crippen molar-refractivity contribution in [3.8, 4) is 11.1 Å². The highest BCUT2D eigenvalue weighted by Gasteiger charge is 2.03. The Bertz CT molecular complexity index is 480. The van der Waals surface area contributed by atoms with Crippen molar-refractivity contribution in [3.05, 3.63) is 54.4 Å². The minimum atomic E-state index is -0.507. The second kappa shape index (κ2) is 3.92. The average Bonchev–Trinajstić information content (AvgIpc) is 2.30. The summed E-state index contributed by atoms with van der Waals surface area (Å²) >= 11 is 0. The number of carbonyl (C=O) groups is 1. The van der Waals surface area contributed by atoms with Crippen LogP contribution in [0.2, 0.25) is 0 Å². The minimum absolute atomic E-state index is 0.288. The SMILES string of the molecule is NC(=O)c1cc(-c2ccccc2)ccn1. The number of rotatable bonds is 2. The van der Waals surface area contributed by atoms with Crippen LogP contribution in [0.25, 0.3) is 11.1 Å². The summed E-state index contributed by atoms with van der Waals surface area (Å²) in [4.78, 5) is 14.8. The maximum absolute atomic E-state index is 10.9. The molecule has 0 unspecified atom stereocenters. The highest BCUT2D eigenvalue weighted by Crippen LogP contribution is 2.18. The maximum Gasteiger partial charge on any atom is 0.267 e. The molecular weight excluding hydrogens is 188 g/mol. The molecule has 1 amide bonds. The van der Waals surface area contributed by atoms with E-state index >= 15 is 0 Å². The van der Waals surface area contributed by atoms with E-state index in [0.717, 1.165) is 11.1 Å². The number of nitrogens with two attached hydrogens (primary N) is 1. The van der Waals surface area contributed by atoms with Gasteiger partial charge in [0.15, 0.2) is 0 Å². The van der Waals surface area contributed by atoms with E-state index in [0.29, 0.717) is 0 Å². The van der Waals surface area contributed by atoms with Crippen LogP contribution in [0.4, 0.5) is 0 Å². The monoisotopic (exact) mass is 198 g/mol. The Morgan fingerprint density at radius 3 is 2.47 bits per heavy atom. The molecule has 15 heavy (non-hydrogen) atoms. The van der Waals surface area contributed by atoms with Gasteiger partial charge in [0.1, 0.15) is 5.69 Å². The molecular formula is C12H10N2O. The third-order valence-corrected chi connectivity index (χ3v) is 2.12. The summed E-state index contributed by atoms with van der Waals surface area (Å²) in [5, 5.41) is 0. The molecule has 1 aromatic heterocycles. The summed E-state index contributed by atoms with van der Waals surface area (Å²) in [5.41, 5.74) is 7.44. The number of nitrogens with zero attached hydrogens (tertiary/aromatic N) is 1. The van der Waals surface area contributed by atoms with E-state index < -0.39 is 5.91 Å². The molecule has 1 heterocycles. The van der Waals surface area contributed by atoms with Gasteiger partial charge in [-0.25, -0.2) is 0 Å². The second-order valence-corrected chi connectivity index (χ2v) is 3.16. The topological polar surface area (TPSA) is 56.0 Å². The third-order valence-electron chi connectivity index (χ3n) is 2.12. The first-order valence-electron chi connectivity index (χ1n) is 4.58. The lowest BCUT2D eigenvalue weighted by Crippen LogP contribution is -2.12. The molecule has 3 nitrogen and oxygen atoms in total. The van der Waals surface area contributed by atoms with Crippen LogP contribution >= 0.6 is 0 Å². The van der Waals surface area contributed by atoms with Crippen LogP contribution in [0.5, 0.6) is 0 Å². The van der Waals surface area contributed by atoms with Gasteiger partial charge in [0.2, 0.25) is 0 Å². The van der Waals surface area contributed by atoms with Crippen LogP contribution in [0, 0.1) is 0 Å². The standard InChI is InChI=1S/C12H10N2O/c13-12(15)11-8-10(6-7-14-11)9-4-2-1-3-5-9/h1-8H,(H2,13,15). The molecule has 0 saturated carbocycles. The van der Waals surface area contributed by atoms with E-state index in [1.807, 2.05) is 36.4 Å². The highest BCUT2D eigenvalue weighted by molar-refractivity contribution is 5.92. The Morgan fingerprint density at radius 1 is 1.07 bits per heavy atom.